The van der Waals surface area contributed by atoms with Gasteiger partial charge in [0.05, 0.1) is 31.6 Å². The van der Waals surface area contributed by atoms with Crippen molar-refractivity contribution in [3.63, 3.8) is 0 Å². The Morgan fingerprint density at radius 1 is 1.16 bits per heavy atom. The zero-order valence-electron chi connectivity index (χ0n) is 14.8. The number of hydrogen-bond donors (Lipinski definition) is 5. The van der Waals surface area contributed by atoms with Gasteiger partial charge in [-0.1, -0.05) is 13.8 Å². The second-order valence-electron chi connectivity index (χ2n) is 6.46. The molecule has 1 saturated heterocycles. The molecule has 5 atom stereocenters. The van der Waals surface area contributed by atoms with Gasteiger partial charge >= 0.3 is 7.60 Å². The average Bonchev–Trinajstić information content (AvgIpc) is 2.50. The van der Waals surface area contributed by atoms with Gasteiger partial charge in [-0.2, -0.15) is 0 Å². The second kappa shape index (κ2) is 9.18. The second-order valence-corrected chi connectivity index (χ2v) is 8.87. The van der Waals surface area contributed by atoms with Crippen LogP contribution in [0.2, 0.25) is 0 Å². The summed E-state index contributed by atoms with van der Waals surface area (Å²) in [4.78, 5) is 9.66. The van der Waals surface area contributed by atoms with E-state index in [0.29, 0.717) is 0 Å². The molecule has 0 spiro atoms. The third-order valence-electron chi connectivity index (χ3n) is 3.69. The highest BCUT2D eigenvalue weighted by Gasteiger charge is 2.55. The van der Waals surface area contributed by atoms with Gasteiger partial charge in [0, 0.05) is 0 Å². The number of hydrogen-bond acceptors (Lipinski definition) is 9. The number of rotatable bonds is 9. The predicted octanol–water partition coefficient (Wildman–Crippen LogP) is -0.834. The third kappa shape index (κ3) is 6.21. The first-order valence-corrected chi connectivity index (χ1v) is 9.70. The van der Waals surface area contributed by atoms with E-state index in [2.05, 4.69) is 0 Å². The smallest absolute Gasteiger partial charge is 0.330 e. The fourth-order valence-electron chi connectivity index (χ4n) is 2.00. The van der Waals surface area contributed by atoms with E-state index < -0.39 is 50.3 Å². The molecule has 5 unspecified atom stereocenters. The molecule has 0 bridgehead atoms. The molecular formula is C14H29O10P. The van der Waals surface area contributed by atoms with E-state index in [1.54, 1.807) is 0 Å². The summed E-state index contributed by atoms with van der Waals surface area (Å²) in [6, 6.07) is 0. The highest BCUT2D eigenvalue weighted by molar-refractivity contribution is 7.53. The van der Waals surface area contributed by atoms with E-state index in [1.807, 2.05) is 13.8 Å². The van der Waals surface area contributed by atoms with Crippen LogP contribution < -0.4 is 0 Å². The summed E-state index contributed by atoms with van der Waals surface area (Å²) in [6.45, 7) is 6.12. The minimum atomic E-state index is -3.99. The molecule has 5 N–H and O–H groups in total. The van der Waals surface area contributed by atoms with Crippen LogP contribution in [-0.2, 0) is 23.3 Å². The monoisotopic (exact) mass is 388 g/mol. The van der Waals surface area contributed by atoms with Crippen LogP contribution in [-0.4, -0.2) is 87.3 Å². The van der Waals surface area contributed by atoms with Crippen LogP contribution in [0, 0.1) is 0 Å². The van der Waals surface area contributed by atoms with E-state index in [4.69, 9.17) is 18.7 Å². The molecule has 0 saturated carbocycles. The zero-order chi connectivity index (χ0) is 19.4. The van der Waals surface area contributed by atoms with Gasteiger partial charge in [-0.25, -0.2) is 0 Å². The quantitative estimate of drug-likeness (QED) is 0.192. The van der Waals surface area contributed by atoms with Gasteiger partial charge in [0.15, 0.2) is 6.29 Å². The van der Waals surface area contributed by atoms with Crippen molar-refractivity contribution in [3.8, 4) is 0 Å². The van der Waals surface area contributed by atoms with Crippen LogP contribution in [0.1, 0.15) is 27.7 Å². The van der Waals surface area contributed by atoms with E-state index in [1.165, 1.54) is 13.8 Å². The highest BCUT2D eigenvalue weighted by atomic mass is 31.2. The highest BCUT2D eigenvalue weighted by Crippen LogP contribution is 2.47. The summed E-state index contributed by atoms with van der Waals surface area (Å²) in [6.07, 6.45) is -6.78. The zero-order valence-corrected chi connectivity index (χ0v) is 15.7. The Labute approximate surface area is 146 Å². The van der Waals surface area contributed by atoms with Crippen LogP contribution in [0.4, 0.5) is 0 Å². The molecular weight excluding hydrogens is 359 g/mol. The first kappa shape index (κ1) is 22.9. The first-order valence-electron chi connectivity index (χ1n) is 8.06. The molecule has 1 heterocycles. The van der Waals surface area contributed by atoms with Crippen molar-refractivity contribution in [2.24, 2.45) is 0 Å². The molecule has 0 radical (unpaired) electrons. The largest absolute Gasteiger partial charge is 0.385 e. The Morgan fingerprint density at radius 2 is 1.76 bits per heavy atom. The molecule has 150 valence electrons. The lowest BCUT2D eigenvalue weighted by Crippen LogP contribution is -2.67. The van der Waals surface area contributed by atoms with Crippen LogP contribution in [0.15, 0.2) is 0 Å². The first-order chi connectivity index (χ1) is 11.4. The Morgan fingerprint density at radius 3 is 2.28 bits per heavy atom. The maximum absolute atomic E-state index is 11.8. The fraction of sp³-hybridized carbons (Fsp3) is 1.00. The van der Waals surface area contributed by atoms with E-state index >= 15 is 0 Å². The van der Waals surface area contributed by atoms with Crippen molar-refractivity contribution >= 4 is 7.60 Å². The van der Waals surface area contributed by atoms with Crippen molar-refractivity contribution in [1.29, 1.82) is 0 Å². The maximum Gasteiger partial charge on any atom is 0.330 e. The standard InChI is InChI=1S/C14H29O10P/c1-8(2)21-5-6-22-13-11(15)12(16)14(17,18)10(24-13)7-23-25(19,20)9(3)4/h8-13,15-18H,5-7H2,1-4H3,(H,19,20). The molecule has 1 aliphatic rings. The minimum absolute atomic E-state index is 0.0224. The fourth-order valence-corrected chi connectivity index (χ4v) is 2.65. The van der Waals surface area contributed by atoms with Gasteiger partial charge in [-0.15, -0.1) is 0 Å². The lowest BCUT2D eigenvalue weighted by atomic mass is 9.95. The molecule has 1 aliphatic heterocycles. The third-order valence-corrected chi connectivity index (χ3v) is 5.51. The number of aliphatic hydroxyl groups excluding tert-OH is 2. The SMILES string of the molecule is CC(C)OCCOC1OC(COP(=O)(O)C(C)C)C(O)(O)C(O)C1O. The summed E-state index contributed by atoms with van der Waals surface area (Å²) in [7, 11) is -3.99. The van der Waals surface area contributed by atoms with Gasteiger partial charge in [-0.05, 0) is 13.8 Å². The van der Waals surface area contributed by atoms with Gasteiger partial charge in [0.1, 0.15) is 18.3 Å². The molecule has 25 heavy (non-hydrogen) atoms. The molecule has 1 rings (SSSR count). The number of ether oxygens (including phenoxy) is 3. The summed E-state index contributed by atoms with van der Waals surface area (Å²) in [5.41, 5.74) is -0.710. The predicted molar refractivity (Wildman–Crippen MR) is 85.8 cm³/mol. The lowest BCUT2D eigenvalue weighted by molar-refractivity contribution is -0.386. The molecule has 0 aromatic rings. The van der Waals surface area contributed by atoms with Crippen molar-refractivity contribution in [1.82, 2.24) is 0 Å². The van der Waals surface area contributed by atoms with Crippen LogP contribution >= 0.6 is 7.60 Å². The molecule has 0 aromatic carbocycles. The summed E-state index contributed by atoms with van der Waals surface area (Å²) in [5.74, 6) is -2.88. The number of aliphatic hydroxyl groups is 4. The van der Waals surface area contributed by atoms with Crippen LogP contribution in [0.25, 0.3) is 0 Å². The summed E-state index contributed by atoms with van der Waals surface area (Å²) >= 11 is 0. The van der Waals surface area contributed by atoms with E-state index in [9.17, 15) is 29.9 Å². The van der Waals surface area contributed by atoms with Crippen molar-refractivity contribution < 1.29 is 48.6 Å². The van der Waals surface area contributed by atoms with Gasteiger partial charge < -0.3 is 44.1 Å². The molecule has 0 aromatic heterocycles. The summed E-state index contributed by atoms with van der Waals surface area (Å²) < 4.78 is 32.4. The van der Waals surface area contributed by atoms with E-state index in [-0.39, 0.29) is 19.3 Å². The lowest BCUT2D eigenvalue weighted by Gasteiger charge is -2.45. The van der Waals surface area contributed by atoms with Crippen molar-refractivity contribution in [2.45, 2.75) is 69.8 Å². The Kier molecular flexibility index (Phi) is 8.42. The summed E-state index contributed by atoms with van der Waals surface area (Å²) in [5, 5.41) is 39.7. The maximum atomic E-state index is 11.8. The van der Waals surface area contributed by atoms with Crippen molar-refractivity contribution in [2.75, 3.05) is 19.8 Å². The van der Waals surface area contributed by atoms with E-state index in [0.717, 1.165) is 0 Å². The van der Waals surface area contributed by atoms with Crippen molar-refractivity contribution in [3.05, 3.63) is 0 Å². The van der Waals surface area contributed by atoms with Crippen LogP contribution in [0.5, 0.6) is 0 Å². The molecule has 0 amide bonds. The Hall–Kier alpha value is -0.130. The van der Waals surface area contributed by atoms with Crippen LogP contribution in [0.3, 0.4) is 0 Å². The Balaban J connectivity index is 2.70. The van der Waals surface area contributed by atoms with Gasteiger partial charge in [0.2, 0.25) is 5.79 Å². The molecule has 1 fully saturated rings. The molecule has 0 aliphatic carbocycles. The van der Waals surface area contributed by atoms with Gasteiger partial charge in [0.25, 0.3) is 0 Å². The normalized spacial score (nSPS) is 32.1. The average molecular weight is 388 g/mol. The van der Waals surface area contributed by atoms with Gasteiger partial charge in [-0.3, -0.25) is 4.57 Å². The topological polar surface area (TPSA) is 155 Å². The molecule has 11 heteroatoms. The minimum Gasteiger partial charge on any atom is -0.385 e. The molecule has 10 nitrogen and oxygen atoms in total. The Bertz CT molecular complexity index is 455.